The molecule has 0 radical (unpaired) electrons. The van der Waals surface area contributed by atoms with Crippen molar-refractivity contribution in [1.82, 2.24) is 9.13 Å². The van der Waals surface area contributed by atoms with Gasteiger partial charge in [-0.3, -0.25) is 0 Å². The van der Waals surface area contributed by atoms with E-state index in [9.17, 15) is 5.26 Å². The van der Waals surface area contributed by atoms with Crippen molar-refractivity contribution in [2.24, 2.45) is 0 Å². The summed E-state index contributed by atoms with van der Waals surface area (Å²) in [4.78, 5) is 3.60. The lowest BCUT2D eigenvalue weighted by atomic mass is 9.96. The SMILES string of the molecule is [C-]#[N+]c1ccc(-n2c3ccc(-c4ccccc4)cc3c3c(-c4ccc5c(c4)c4cc(-c6ccccc6)ccc4n5-c4ccccc4)cccc32)c(C#N)c1. The molecule has 0 saturated heterocycles. The minimum absolute atomic E-state index is 0.446. The molecule has 0 fully saturated rings. The standard InChI is InChI=1S/C50H30N4/c1-52-39-23-27-45(38(28-39)32-51)54-48-25-21-36(34-14-7-3-8-15-34)30-44(48)50-41(18-11-19-49(50)54)37-22-26-47-43(31-37)42-29-35(33-12-5-2-6-13-33)20-24-46(42)53(47)40-16-9-4-10-17-40/h2-31H. The van der Waals surface area contributed by atoms with Gasteiger partial charge in [-0.1, -0.05) is 115 Å². The Labute approximate surface area is 312 Å². The van der Waals surface area contributed by atoms with Crippen molar-refractivity contribution >= 4 is 49.3 Å². The van der Waals surface area contributed by atoms with Gasteiger partial charge in [0, 0.05) is 27.2 Å². The Morgan fingerprint density at radius 2 is 1.00 bits per heavy atom. The second-order valence-corrected chi connectivity index (χ2v) is 13.6. The zero-order chi connectivity index (χ0) is 36.2. The van der Waals surface area contributed by atoms with Gasteiger partial charge in [0.2, 0.25) is 0 Å². The Balaban J connectivity index is 1.27. The van der Waals surface area contributed by atoms with E-state index in [0.29, 0.717) is 11.3 Å². The average Bonchev–Trinajstić information content (AvgIpc) is 3.76. The number of hydrogen-bond donors (Lipinski definition) is 0. The van der Waals surface area contributed by atoms with Gasteiger partial charge in [0.15, 0.2) is 5.69 Å². The van der Waals surface area contributed by atoms with Crippen molar-refractivity contribution in [3.63, 3.8) is 0 Å². The average molecular weight is 687 g/mol. The summed E-state index contributed by atoms with van der Waals surface area (Å²) in [6.07, 6.45) is 0. The maximum absolute atomic E-state index is 10.3. The van der Waals surface area contributed by atoms with Crippen LogP contribution in [0.1, 0.15) is 5.56 Å². The molecule has 0 aliphatic carbocycles. The summed E-state index contributed by atoms with van der Waals surface area (Å²) in [5.41, 5.74) is 13.9. The van der Waals surface area contributed by atoms with E-state index in [0.717, 1.165) is 66.5 Å². The number of rotatable bonds is 5. The van der Waals surface area contributed by atoms with Crippen molar-refractivity contribution in [3.8, 4) is 50.8 Å². The third-order valence-corrected chi connectivity index (χ3v) is 10.6. The lowest BCUT2D eigenvalue weighted by Crippen LogP contribution is -1.97. The predicted molar refractivity (Wildman–Crippen MR) is 222 cm³/mol. The van der Waals surface area contributed by atoms with Crippen molar-refractivity contribution < 1.29 is 0 Å². The van der Waals surface area contributed by atoms with Crippen LogP contribution >= 0.6 is 0 Å². The number of hydrogen-bond acceptors (Lipinski definition) is 1. The summed E-state index contributed by atoms with van der Waals surface area (Å²) < 4.78 is 4.54. The first-order chi connectivity index (χ1) is 26.7. The molecule has 0 saturated carbocycles. The van der Waals surface area contributed by atoms with Crippen LogP contribution in [0.15, 0.2) is 182 Å². The third kappa shape index (κ3) is 4.90. The second-order valence-electron chi connectivity index (χ2n) is 13.6. The predicted octanol–water partition coefficient (Wildman–Crippen LogP) is 13.3. The van der Waals surface area contributed by atoms with Crippen LogP contribution in [0.25, 0.3) is 93.2 Å². The van der Waals surface area contributed by atoms with Gasteiger partial charge < -0.3 is 9.13 Å². The van der Waals surface area contributed by atoms with Gasteiger partial charge in [-0.05, 0) is 100 Å². The highest BCUT2D eigenvalue weighted by molar-refractivity contribution is 6.18. The van der Waals surface area contributed by atoms with E-state index in [1.54, 1.807) is 12.1 Å². The van der Waals surface area contributed by atoms with Gasteiger partial charge in [-0.15, -0.1) is 0 Å². The normalized spacial score (nSPS) is 11.3. The molecule has 0 aliphatic rings. The topological polar surface area (TPSA) is 38.0 Å². The molecule has 2 heterocycles. The van der Waals surface area contributed by atoms with Crippen molar-refractivity contribution in [2.75, 3.05) is 0 Å². The minimum atomic E-state index is 0.446. The maximum Gasteiger partial charge on any atom is 0.188 e. The molecule has 0 spiro atoms. The second kappa shape index (κ2) is 12.5. The fourth-order valence-corrected chi connectivity index (χ4v) is 8.12. The van der Waals surface area contributed by atoms with E-state index >= 15 is 0 Å². The third-order valence-electron chi connectivity index (χ3n) is 10.6. The van der Waals surface area contributed by atoms with Crippen LogP contribution in [0.2, 0.25) is 0 Å². The molecule has 0 N–H and O–H groups in total. The Morgan fingerprint density at radius 1 is 0.444 bits per heavy atom. The lowest BCUT2D eigenvalue weighted by Gasteiger charge is -2.11. The van der Waals surface area contributed by atoms with Crippen LogP contribution in [0, 0.1) is 17.9 Å². The van der Waals surface area contributed by atoms with Gasteiger partial charge >= 0.3 is 0 Å². The van der Waals surface area contributed by atoms with Crippen LogP contribution in [0.3, 0.4) is 0 Å². The van der Waals surface area contributed by atoms with Gasteiger partial charge in [-0.2, -0.15) is 5.26 Å². The Hall–Kier alpha value is -7.66. The van der Waals surface area contributed by atoms with E-state index in [1.807, 2.05) is 12.1 Å². The van der Waals surface area contributed by atoms with Crippen molar-refractivity contribution in [2.45, 2.75) is 0 Å². The molecule has 10 aromatic rings. The van der Waals surface area contributed by atoms with Crippen LogP contribution in [0.4, 0.5) is 5.69 Å². The first kappa shape index (κ1) is 31.1. The molecular formula is C50H30N4. The number of fused-ring (bicyclic) bond motifs is 6. The zero-order valence-electron chi connectivity index (χ0n) is 29.1. The molecule has 0 bridgehead atoms. The molecule has 4 heteroatoms. The van der Waals surface area contributed by atoms with Crippen LogP contribution < -0.4 is 0 Å². The summed E-state index contributed by atoms with van der Waals surface area (Å²) in [6.45, 7) is 7.57. The molecule has 0 unspecified atom stereocenters. The number of para-hydroxylation sites is 1. The molecule has 4 nitrogen and oxygen atoms in total. The van der Waals surface area contributed by atoms with Crippen molar-refractivity contribution in [1.29, 1.82) is 5.26 Å². The number of aromatic nitrogens is 2. The van der Waals surface area contributed by atoms with E-state index in [-0.39, 0.29) is 0 Å². The summed E-state index contributed by atoms with van der Waals surface area (Å²) in [7, 11) is 0. The number of nitrogens with zero attached hydrogens (tertiary/aromatic N) is 4. The fraction of sp³-hybridized carbons (Fsp3) is 0. The van der Waals surface area contributed by atoms with Crippen LogP contribution in [-0.4, -0.2) is 9.13 Å². The summed E-state index contributed by atoms with van der Waals surface area (Å²) >= 11 is 0. The lowest BCUT2D eigenvalue weighted by molar-refractivity contribution is 1.17. The summed E-state index contributed by atoms with van der Waals surface area (Å²) in [5, 5.41) is 14.9. The monoisotopic (exact) mass is 686 g/mol. The quantitative estimate of drug-likeness (QED) is 0.166. The first-order valence-corrected chi connectivity index (χ1v) is 17.9. The maximum atomic E-state index is 10.3. The highest BCUT2D eigenvalue weighted by atomic mass is 15.0. The van der Waals surface area contributed by atoms with Gasteiger partial charge in [0.1, 0.15) is 0 Å². The van der Waals surface area contributed by atoms with Gasteiger partial charge in [0.05, 0.1) is 46.0 Å². The summed E-state index contributed by atoms with van der Waals surface area (Å²) in [5.74, 6) is 0. The summed E-state index contributed by atoms with van der Waals surface area (Å²) in [6, 6.07) is 66.0. The number of benzene rings is 8. The molecule has 0 amide bonds. The molecule has 250 valence electrons. The molecule has 0 atom stereocenters. The van der Waals surface area contributed by atoms with E-state index < -0.39 is 0 Å². The van der Waals surface area contributed by atoms with Gasteiger partial charge in [0.25, 0.3) is 0 Å². The molecule has 8 aromatic carbocycles. The number of nitriles is 1. The Bertz CT molecular complexity index is 3160. The minimum Gasteiger partial charge on any atom is -0.309 e. The van der Waals surface area contributed by atoms with Crippen LogP contribution in [-0.2, 0) is 0 Å². The first-order valence-electron chi connectivity index (χ1n) is 17.9. The highest BCUT2D eigenvalue weighted by Gasteiger charge is 2.21. The Kier molecular flexibility index (Phi) is 7.22. The van der Waals surface area contributed by atoms with Crippen LogP contribution in [0.5, 0.6) is 0 Å². The van der Waals surface area contributed by atoms with Crippen molar-refractivity contribution in [3.05, 3.63) is 199 Å². The fourth-order valence-electron chi connectivity index (χ4n) is 8.12. The molecule has 10 rings (SSSR count). The molecule has 54 heavy (non-hydrogen) atoms. The zero-order valence-corrected chi connectivity index (χ0v) is 29.1. The smallest absolute Gasteiger partial charge is 0.188 e. The van der Waals surface area contributed by atoms with Gasteiger partial charge in [-0.25, -0.2) is 4.85 Å². The molecule has 2 aromatic heterocycles. The van der Waals surface area contributed by atoms with E-state index in [1.165, 1.54) is 21.9 Å². The molecule has 0 aliphatic heterocycles. The van der Waals surface area contributed by atoms with E-state index in [4.69, 9.17) is 6.57 Å². The largest absolute Gasteiger partial charge is 0.309 e. The molecular weight excluding hydrogens is 657 g/mol. The highest BCUT2D eigenvalue weighted by Crippen LogP contribution is 2.43. The van der Waals surface area contributed by atoms with E-state index in [2.05, 4.69) is 178 Å². The Morgan fingerprint density at radius 3 is 1.61 bits per heavy atom.